The molecule has 2 aliphatic heterocycles. The summed E-state index contributed by atoms with van der Waals surface area (Å²) in [6.07, 6.45) is 1.19. The monoisotopic (exact) mass is 307 g/mol. The van der Waals surface area contributed by atoms with Crippen molar-refractivity contribution in [1.29, 1.82) is 0 Å². The van der Waals surface area contributed by atoms with Crippen LogP contribution in [0.2, 0.25) is 0 Å². The van der Waals surface area contributed by atoms with Gasteiger partial charge in [0, 0.05) is 11.8 Å². The zero-order valence-corrected chi connectivity index (χ0v) is 13.3. The number of carboxylic acids is 1. The van der Waals surface area contributed by atoms with Gasteiger partial charge in [-0.3, -0.25) is 0 Å². The molecule has 1 aromatic rings. The van der Waals surface area contributed by atoms with Crippen molar-refractivity contribution in [2.24, 2.45) is 5.41 Å². The average molecular weight is 307 g/mol. The third-order valence-corrected chi connectivity index (χ3v) is 5.60. The van der Waals surface area contributed by atoms with Crippen LogP contribution < -0.4 is 9.64 Å². The first-order chi connectivity index (χ1) is 10.0. The van der Waals surface area contributed by atoms with Crippen molar-refractivity contribution in [2.45, 2.75) is 26.3 Å². The van der Waals surface area contributed by atoms with E-state index in [-0.39, 0.29) is 11.0 Å². The van der Waals surface area contributed by atoms with E-state index >= 15 is 0 Å². The maximum atomic E-state index is 11.4. The molecule has 0 aromatic heterocycles. The number of nitrogens with zero attached hydrogens (tertiary/aromatic N) is 1. The predicted octanol–water partition coefficient (Wildman–Crippen LogP) is 3.12. The largest absolute Gasteiger partial charge is 0.489 e. The van der Waals surface area contributed by atoms with Gasteiger partial charge in [0.05, 0.1) is 12.2 Å². The molecular formula is C16H21NO3S. The Morgan fingerprint density at radius 3 is 3.00 bits per heavy atom. The highest BCUT2D eigenvalue weighted by Gasteiger charge is 2.39. The Hall–Kier alpha value is -1.36. The van der Waals surface area contributed by atoms with Gasteiger partial charge in [-0.1, -0.05) is 19.9 Å². The first-order valence-electron chi connectivity index (χ1n) is 7.34. The maximum absolute atomic E-state index is 11.4. The van der Waals surface area contributed by atoms with E-state index in [0.29, 0.717) is 18.4 Å². The Kier molecular flexibility index (Phi) is 3.78. The number of ether oxygens (including phenoxy) is 1. The van der Waals surface area contributed by atoms with Crippen LogP contribution in [-0.2, 0) is 0 Å². The van der Waals surface area contributed by atoms with Gasteiger partial charge in [0.15, 0.2) is 5.75 Å². The quantitative estimate of drug-likeness (QED) is 0.910. The molecule has 0 bridgehead atoms. The van der Waals surface area contributed by atoms with E-state index in [4.69, 9.17) is 4.74 Å². The first kappa shape index (κ1) is 14.6. The van der Waals surface area contributed by atoms with Gasteiger partial charge in [-0.05, 0) is 29.7 Å². The lowest BCUT2D eigenvalue weighted by molar-refractivity contribution is 0.0691. The van der Waals surface area contributed by atoms with Gasteiger partial charge in [-0.15, -0.1) is 0 Å². The lowest BCUT2D eigenvalue weighted by Crippen LogP contribution is -2.52. The fourth-order valence-corrected chi connectivity index (χ4v) is 4.89. The number of rotatable bonds is 2. The fraction of sp³-hybridized carbons (Fsp3) is 0.562. The molecule has 1 fully saturated rings. The molecule has 1 unspecified atom stereocenters. The average Bonchev–Trinajstić information content (AvgIpc) is 2.45. The smallest absolute Gasteiger partial charge is 0.339 e. The highest BCUT2D eigenvalue weighted by molar-refractivity contribution is 7.99. The Bertz CT molecular complexity index is 558. The number of fused-ring (bicyclic) bond motifs is 1. The lowest BCUT2D eigenvalue weighted by Gasteiger charge is -2.47. The summed E-state index contributed by atoms with van der Waals surface area (Å²) >= 11 is 1.99. The zero-order valence-electron chi connectivity index (χ0n) is 12.5. The van der Waals surface area contributed by atoms with Crippen LogP contribution in [0, 0.1) is 5.41 Å². The van der Waals surface area contributed by atoms with Crippen molar-refractivity contribution < 1.29 is 14.6 Å². The molecule has 5 heteroatoms. The molecule has 0 spiro atoms. The first-order valence-corrected chi connectivity index (χ1v) is 8.50. The van der Waals surface area contributed by atoms with Crippen molar-refractivity contribution >= 4 is 23.4 Å². The molecule has 2 heterocycles. The van der Waals surface area contributed by atoms with Gasteiger partial charge < -0.3 is 14.7 Å². The number of thioether (sulfide) groups is 1. The standard InChI is InChI=1S/C16H21NO3S/c1-16(2)6-9-21-10-13(16)17-7-8-20-14-11(15(18)19)4-3-5-12(14)17/h3-5,13H,6-10H2,1-2H3,(H,18,19). The summed E-state index contributed by atoms with van der Waals surface area (Å²) in [5, 5.41) is 9.34. The van der Waals surface area contributed by atoms with E-state index in [1.165, 1.54) is 12.2 Å². The minimum absolute atomic E-state index is 0.235. The summed E-state index contributed by atoms with van der Waals surface area (Å²) in [5.41, 5.74) is 1.43. The number of benzene rings is 1. The topological polar surface area (TPSA) is 49.8 Å². The second-order valence-corrected chi connectivity index (χ2v) is 7.48. The van der Waals surface area contributed by atoms with Crippen LogP contribution in [0.1, 0.15) is 30.6 Å². The van der Waals surface area contributed by atoms with Crippen LogP contribution in [-0.4, -0.2) is 41.8 Å². The normalized spacial score (nSPS) is 24.1. The Morgan fingerprint density at radius 1 is 1.48 bits per heavy atom. The van der Waals surface area contributed by atoms with Crippen LogP contribution in [0.25, 0.3) is 0 Å². The van der Waals surface area contributed by atoms with Crippen molar-refractivity contribution in [3.05, 3.63) is 23.8 Å². The lowest BCUT2D eigenvalue weighted by atomic mass is 9.81. The van der Waals surface area contributed by atoms with Crippen LogP contribution in [0.3, 0.4) is 0 Å². The highest BCUT2D eigenvalue weighted by Crippen LogP contribution is 2.43. The van der Waals surface area contributed by atoms with E-state index in [1.54, 1.807) is 6.07 Å². The third-order valence-electron chi connectivity index (χ3n) is 4.56. The van der Waals surface area contributed by atoms with Gasteiger partial charge in [0.25, 0.3) is 0 Å². The van der Waals surface area contributed by atoms with Crippen molar-refractivity contribution in [3.63, 3.8) is 0 Å². The predicted molar refractivity (Wildman–Crippen MR) is 85.8 cm³/mol. The van der Waals surface area contributed by atoms with Crippen molar-refractivity contribution in [1.82, 2.24) is 0 Å². The van der Waals surface area contributed by atoms with E-state index in [1.807, 2.05) is 23.9 Å². The Morgan fingerprint density at radius 2 is 2.29 bits per heavy atom. The molecule has 114 valence electrons. The Labute approximate surface area is 129 Å². The third kappa shape index (κ3) is 2.59. The number of anilines is 1. The second kappa shape index (κ2) is 5.44. The van der Waals surface area contributed by atoms with Crippen LogP contribution in [0.4, 0.5) is 5.69 Å². The summed E-state index contributed by atoms with van der Waals surface area (Å²) in [5.74, 6) is 1.90. The second-order valence-electron chi connectivity index (χ2n) is 6.33. The fourth-order valence-electron chi connectivity index (χ4n) is 3.20. The Balaban J connectivity index is 2.01. The molecule has 4 nitrogen and oxygen atoms in total. The number of carboxylic acid groups (broad SMARTS) is 1. The minimum Gasteiger partial charge on any atom is -0.489 e. The molecule has 21 heavy (non-hydrogen) atoms. The SMILES string of the molecule is CC1(C)CCSCC1N1CCOc2c(C(=O)O)cccc21. The van der Waals surface area contributed by atoms with Gasteiger partial charge in [-0.2, -0.15) is 11.8 Å². The van der Waals surface area contributed by atoms with E-state index in [2.05, 4.69) is 18.7 Å². The molecule has 2 aliphatic rings. The molecule has 0 saturated carbocycles. The van der Waals surface area contributed by atoms with Gasteiger partial charge >= 0.3 is 5.97 Å². The number of hydrogen-bond donors (Lipinski definition) is 1. The molecule has 1 atom stereocenters. The molecule has 0 amide bonds. The number of hydrogen-bond acceptors (Lipinski definition) is 4. The molecule has 1 aromatic carbocycles. The number of para-hydroxylation sites is 1. The maximum Gasteiger partial charge on any atom is 0.339 e. The summed E-state index contributed by atoms with van der Waals surface area (Å²) < 4.78 is 5.68. The van der Waals surface area contributed by atoms with Crippen molar-refractivity contribution in [3.8, 4) is 5.75 Å². The van der Waals surface area contributed by atoms with Gasteiger partial charge in [0.1, 0.15) is 12.2 Å². The van der Waals surface area contributed by atoms with E-state index in [9.17, 15) is 9.90 Å². The molecule has 3 rings (SSSR count). The number of carbonyl (C=O) groups is 1. The summed E-state index contributed by atoms with van der Waals surface area (Å²) in [6, 6.07) is 5.83. The van der Waals surface area contributed by atoms with Crippen LogP contribution in [0.5, 0.6) is 5.75 Å². The highest BCUT2D eigenvalue weighted by atomic mass is 32.2. The van der Waals surface area contributed by atoms with Gasteiger partial charge in [-0.25, -0.2) is 4.79 Å². The van der Waals surface area contributed by atoms with E-state index < -0.39 is 5.97 Å². The molecule has 0 radical (unpaired) electrons. The molecular weight excluding hydrogens is 286 g/mol. The summed E-state index contributed by atoms with van der Waals surface area (Å²) in [6.45, 7) is 6.00. The van der Waals surface area contributed by atoms with E-state index in [0.717, 1.165) is 18.0 Å². The molecule has 1 N–H and O–H groups in total. The number of aromatic carboxylic acids is 1. The minimum atomic E-state index is -0.925. The summed E-state index contributed by atoms with van der Waals surface area (Å²) in [4.78, 5) is 13.7. The zero-order chi connectivity index (χ0) is 15.0. The van der Waals surface area contributed by atoms with Crippen LogP contribution in [0.15, 0.2) is 18.2 Å². The van der Waals surface area contributed by atoms with Gasteiger partial charge in [0.2, 0.25) is 0 Å². The molecule has 1 saturated heterocycles. The van der Waals surface area contributed by atoms with Crippen LogP contribution >= 0.6 is 11.8 Å². The van der Waals surface area contributed by atoms with Crippen molar-refractivity contribution in [2.75, 3.05) is 29.6 Å². The molecule has 0 aliphatic carbocycles. The summed E-state index contributed by atoms with van der Waals surface area (Å²) in [7, 11) is 0.